The van der Waals surface area contributed by atoms with Crippen molar-refractivity contribution in [2.75, 3.05) is 13.7 Å². The number of nitrogens with zero attached hydrogens (tertiary/aromatic N) is 1. The summed E-state index contributed by atoms with van der Waals surface area (Å²) in [5.74, 6) is 0.740. The molecule has 2 aromatic rings. The number of para-hydroxylation sites is 1. The summed E-state index contributed by atoms with van der Waals surface area (Å²) >= 11 is 1.43. The quantitative estimate of drug-likeness (QED) is 0.921. The zero-order chi connectivity index (χ0) is 14.5. The number of carbonyl (C=O) groups is 1. The number of rotatable bonds is 5. The Hall–Kier alpha value is -1.88. The topological polar surface area (TPSA) is 51.2 Å². The first-order valence-electron chi connectivity index (χ1n) is 6.46. The molecule has 0 saturated carbocycles. The molecule has 1 aromatic carbocycles. The van der Waals surface area contributed by atoms with Crippen LogP contribution in [-0.2, 0) is 6.42 Å². The molecule has 0 fully saturated rings. The van der Waals surface area contributed by atoms with Crippen LogP contribution in [0.1, 0.15) is 25.9 Å². The van der Waals surface area contributed by atoms with Crippen LogP contribution in [0, 0.1) is 13.8 Å². The van der Waals surface area contributed by atoms with Crippen molar-refractivity contribution in [3.63, 3.8) is 0 Å². The minimum Gasteiger partial charge on any atom is -0.496 e. The molecule has 0 radical (unpaired) electrons. The Bertz CT molecular complexity index is 588. The molecular formula is C15H18N2O2S. The lowest BCUT2D eigenvalue weighted by Crippen LogP contribution is -2.25. The minimum absolute atomic E-state index is 0.110. The molecule has 1 heterocycles. The Kier molecular flexibility index (Phi) is 4.74. The van der Waals surface area contributed by atoms with Crippen LogP contribution in [0.2, 0.25) is 0 Å². The number of nitrogens with one attached hydrogen (secondary N) is 1. The van der Waals surface area contributed by atoms with Crippen LogP contribution in [0.4, 0.5) is 0 Å². The van der Waals surface area contributed by atoms with Gasteiger partial charge in [0.05, 0.1) is 12.8 Å². The average Bonchev–Trinajstić information content (AvgIpc) is 2.79. The highest BCUT2D eigenvalue weighted by atomic mass is 32.1. The van der Waals surface area contributed by atoms with Crippen molar-refractivity contribution in [2.24, 2.45) is 0 Å². The summed E-state index contributed by atoms with van der Waals surface area (Å²) in [5.41, 5.74) is 2.01. The molecule has 1 N–H and O–H groups in total. The van der Waals surface area contributed by atoms with Gasteiger partial charge in [-0.25, -0.2) is 4.98 Å². The third-order valence-corrected chi connectivity index (χ3v) is 4.17. The van der Waals surface area contributed by atoms with Gasteiger partial charge in [0.25, 0.3) is 5.91 Å². The molecule has 0 aliphatic heterocycles. The Balaban J connectivity index is 1.91. The fourth-order valence-electron chi connectivity index (χ4n) is 1.87. The third-order valence-electron chi connectivity index (χ3n) is 3.10. The third kappa shape index (κ3) is 3.36. The van der Waals surface area contributed by atoms with E-state index in [4.69, 9.17) is 4.74 Å². The number of aromatic nitrogens is 1. The molecule has 106 valence electrons. The molecule has 1 aromatic heterocycles. The summed E-state index contributed by atoms with van der Waals surface area (Å²) in [6.45, 7) is 4.45. The predicted molar refractivity (Wildman–Crippen MR) is 80.6 cm³/mol. The van der Waals surface area contributed by atoms with Gasteiger partial charge in [0.15, 0.2) is 5.01 Å². The number of hydrogen-bond acceptors (Lipinski definition) is 4. The zero-order valence-corrected chi connectivity index (χ0v) is 12.7. The summed E-state index contributed by atoms with van der Waals surface area (Å²) in [5, 5.41) is 3.42. The highest BCUT2D eigenvalue weighted by Crippen LogP contribution is 2.18. The first kappa shape index (κ1) is 14.5. The number of hydrogen-bond donors (Lipinski definition) is 1. The molecule has 0 unspecified atom stereocenters. The zero-order valence-electron chi connectivity index (χ0n) is 11.9. The lowest BCUT2D eigenvalue weighted by Gasteiger charge is -2.08. The fourth-order valence-corrected chi connectivity index (χ4v) is 2.70. The number of methoxy groups -OCH3 is 1. The first-order chi connectivity index (χ1) is 9.61. The molecule has 0 atom stereocenters. The van der Waals surface area contributed by atoms with Crippen LogP contribution < -0.4 is 10.1 Å². The molecule has 4 nitrogen and oxygen atoms in total. The SMILES string of the molecule is COc1ccccc1CCNC(=O)c1nc(C)c(C)s1. The van der Waals surface area contributed by atoms with Crippen LogP contribution in [-0.4, -0.2) is 24.5 Å². The van der Waals surface area contributed by atoms with Crippen LogP contribution in [0.3, 0.4) is 0 Å². The molecule has 0 saturated heterocycles. The monoisotopic (exact) mass is 290 g/mol. The van der Waals surface area contributed by atoms with E-state index in [0.29, 0.717) is 11.6 Å². The molecule has 0 spiro atoms. The lowest BCUT2D eigenvalue weighted by atomic mass is 10.1. The van der Waals surface area contributed by atoms with Crippen molar-refractivity contribution >= 4 is 17.2 Å². The van der Waals surface area contributed by atoms with Gasteiger partial charge in [-0.1, -0.05) is 18.2 Å². The highest BCUT2D eigenvalue weighted by Gasteiger charge is 2.12. The van der Waals surface area contributed by atoms with Crippen LogP contribution in [0.25, 0.3) is 0 Å². The summed E-state index contributed by atoms with van der Waals surface area (Å²) in [6.07, 6.45) is 0.735. The predicted octanol–water partition coefficient (Wildman–Crippen LogP) is 2.74. The van der Waals surface area contributed by atoms with Crippen LogP contribution in [0.5, 0.6) is 5.75 Å². The number of aryl methyl sites for hydroxylation is 2. The van der Waals surface area contributed by atoms with Gasteiger partial charge in [0, 0.05) is 11.4 Å². The van der Waals surface area contributed by atoms with E-state index in [1.807, 2.05) is 38.1 Å². The minimum atomic E-state index is -0.110. The van der Waals surface area contributed by atoms with Gasteiger partial charge in [-0.15, -0.1) is 11.3 Å². The summed E-state index contributed by atoms with van der Waals surface area (Å²) < 4.78 is 5.28. The van der Waals surface area contributed by atoms with Gasteiger partial charge in [0.1, 0.15) is 5.75 Å². The van der Waals surface area contributed by atoms with Gasteiger partial charge >= 0.3 is 0 Å². The van der Waals surface area contributed by atoms with Crippen molar-refractivity contribution in [1.82, 2.24) is 10.3 Å². The summed E-state index contributed by atoms with van der Waals surface area (Å²) in [7, 11) is 1.65. The Morgan fingerprint density at radius 1 is 1.35 bits per heavy atom. The average molecular weight is 290 g/mol. The first-order valence-corrected chi connectivity index (χ1v) is 7.27. The number of ether oxygens (including phenoxy) is 1. The van der Waals surface area contributed by atoms with Crippen molar-refractivity contribution in [1.29, 1.82) is 0 Å². The van der Waals surface area contributed by atoms with Crippen LogP contribution in [0.15, 0.2) is 24.3 Å². The Morgan fingerprint density at radius 2 is 2.10 bits per heavy atom. The van der Waals surface area contributed by atoms with E-state index in [2.05, 4.69) is 10.3 Å². The number of amides is 1. The molecule has 0 bridgehead atoms. The second-order valence-electron chi connectivity index (χ2n) is 4.48. The van der Waals surface area contributed by atoms with E-state index in [0.717, 1.165) is 28.3 Å². The van der Waals surface area contributed by atoms with E-state index in [9.17, 15) is 4.79 Å². The molecule has 5 heteroatoms. The van der Waals surface area contributed by atoms with Crippen molar-refractivity contribution < 1.29 is 9.53 Å². The summed E-state index contributed by atoms with van der Waals surface area (Å²) in [4.78, 5) is 17.3. The van der Waals surface area contributed by atoms with Gasteiger partial charge < -0.3 is 10.1 Å². The van der Waals surface area contributed by atoms with Crippen molar-refractivity contribution in [2.45, 2.75) is 20.3 Å². The van der Waals surface area contributed by atoms with E-state index in [1.165, 1.54) is 11.3 Å². The lowest BCUT2D eigenvalue weighted by molar-refractivity contribution is 0.0953. The number of benzene rings is 1. The summed E-state index contributed by atoms with van der Waals surface area (Å²) in [6, 6.07) is 7.82. The Labute approximate surface area is 122 Å². The van der Waals surface area contributed by atoms with Gasteiger partial charge in [-0.05, 0) is 31.9 Å². The maximum absolute atomic E-state index is 12.0. The molecular weight excluding hydrogens is 272 g/mol. The second kappa shape index (κ2) is 6.52. The maximum Gasteiger partial charge on any atom is 0.280 e. The van der Waals surface area contributed by atoms with E-state index >= 15 is 0 Å². The largest absolute Gasteiger partial charge is 0.496 e. The molecule has 0 aliphatic rings. The number of carbonyl (C=O) groups excluding carboxylic acids is 1. The van der Waals surface area contributed by atoms with Gasteiger partial charge in [0.2, 0.25) is 0 Å². The van der Waals surface area contributed by atoms with Crippen LogP contribution >= 0.6 is 11.3 Å². The molecule has 2 rings (SSSR count). The molecule has 0 aliphatic carbocycles. The fraction of sp³-hybridized carbons (Fsp3) is 0.333. The van der Waals surface area contributed by atoms with Crippen molar-refractivity contribution in [3.8, 4) is 5.75 Å². The van der Waals surface area contributed by atoms with Crippen molar-refractivity contribution in [3.05, 3.63) is 45.4 Å². The highest BCUT2D eigenvalue weighted by molar-refractivity contribution is 7.13. The molecule has 1 amide bonds. The van der Waals surface area contributed by atoms with E-state index in [1.54, 1.807) is 7.11 Å². The maximum atomic E-state index is 12.0. The van der Waals surface area contributed by atoms with Gasteiger partial charge in [-0.2, -0.15) is 0 Å². The standard InChI is InChI=1S/C15H18N2O2S/c1-10-11(2)20-15(17-10)14(18)16-9-8-12-6-4-5-7-13(12)19-3/h4-7H,8-9H2,1-3H3,(H,16,18). The van der Waals surface area contributed by atoms with E-state index < -0.39 is 0 Å². The van der Waals surface area contributed by atoms with E-state index in [-0.39, 0.29) is 5.91 Å². The molecule has 20 heavy (non-hydrogen) atoms. The Morgan fingerprint density at radius 3 is 2.75 bits per heavy atom. The second-order valence-corrected chi connectivity index (χ2v) is 5.68. The number of thiazole rings is 1. The smallest absolute Gasteiger partial charge is 0.280 e. The van der Waals surface area contributed by atoms with Gasteiger partial charge in [-0.3, -0.25) is 4.79 Å². The normalized spacial score (nSPS) is 10.3.